The summed E-state index contributed by atoms with van der Waals surface area (Å²) in [5.74, 6) is 0.296. The second kappa shape index (κ2) is 5.97. The van der Waals surface area contributed by atoms with Crippen molar-refractivity contribution < 1.29 is 9.18 Å². The molecule has 1 aliphatic carbocycles. The fourth-order valence-corrected chi connectivity index (χ4v) is 2.03. The highest BCUT2D eigenvalue weighted by molar-refractivity contribution is 5.94. The van der Waals surface area contributed by atoms with Crippen LogP contribution in [0.3, 0.4) is 0 Å². The van der Waals surface area contributed by atoms with Crippen LogP contribution < -0.4 is 0 Å². The molecule has 0 aromatic rings. The van der Waals surface area contributed by atoms with Crippen LogP contribution in [0.1, 0.15) is 40.0 Å². The van der Waals surface area contributed by atoms with Gasteiger partial charge in [-0.1, -0.05) is 24.6 Å². The second-order valence-corrected chi connectivity index (χ2v) is 4.96. The molecule has 0 N–H and O–H groups in total. The van der Waals surface area contributed by atoms with Crippen molar-refractivity contribution in [2.24, 2.45) is 11.8 Å². The zero-order valence-corrected chi connectivity index (χ0v) is 10.4. The normalized spacial score (nSPS) is 26.6. The van der Waals surface area contributed by atoms with Gasteiger partial charge in [0.1, 0.15) is 0 Å². The molecule has 90 valence electrons. The summed E-state index contributed by atoms with van der Waals surface area (Å²) < 4.78 is 13.2. The summed E-state index contributed by atoms with van der Waals surface area (Å²) in [4.78, 5) is 11.0. The molecule has 0 saturated heterocycles. The monoisotopic (exact) mass is 224 g/mol. The molecule has 0 radical (unpaired) electrons. The Hall–Kier alpha value is -0.920. The first-order valence-corrected chi connectivity index (χ1v) is 6.00. The van der Waals surface area contributed by atoms with E-state index in [1.165, 1.54) is 11.6 Å². The van der Waals surface area contributed by atoms with Gasteiger partial charge >= 0.3 is 0 Å². The smallest absolute Gasteiger partial charge is 0.189 e. The Morgan fingerprint density at radius 3 is 2.88 bits per heavy atom. The lowest BCUT2D eigenvalue weighted by Crippen LogP contribution is -2.25. The van der Waals surface area contributed by atoms with E-state index in [4.69, 9.17) is 0 Å². The van der Waals surface area contributed by atoms with Gasteiger partial charge in [0.05, 0.1) is 0 Å². The number of carbonyl (C=O) groups excluding carboxylic acids is 1. The number of rotatable bonds is 4. The van der Waals surface area contributed by atoms with Crippen molar-refractivity contribution in [3.63, 3.8) is 0 Å². The highest BCUT2D eigenvalue weighted by Crippen LogP contribution is 2.28. The average Bonchev–Trinajstić information content (AvgIpc) is 2.21. The average molecular weight is 224 g/mol. The van der Waals surface area contributed by atoms with E-state index in [2.05, 4.69) is 26.8 Å². The predicted octanol–water partition coefficient (Wildman–Crippen LogP) is 3.85. The Kier molecular flexibility index (Phi) is 4.91. The van der Waals surface area contributed by atoms with Crippen LogP contribution in [0.4, 0.5) is 4.39 Å². The summed E-state index contributed by atoms with van der Waals surface area (Å²) >= 11 is 0. The molecule has 1 nitrogen and oxygen atoms in total. The molecule has 3 unspecified atom stereocenters. The van der Waals surface area contributed by atoms with Crippen LogP contribution in [0.15, 0.2) is 23.8 Å². The van der Waals surface area contributed by atoms with Crippen LogP contribution in [0, 0.1) is 11.8 Å². The third-order valence-corrected chi connectivity index (χ3v) is 3.20. The summed E-state index contributed by atoms with van der Waals surface area (Å²) in [5, 5.41) is 0. The Morgan fingerprint density at radius 2 is 2.31 bits per heavy atom. The van der Waals surface area contributed by atoms with E-state index in [9.17, 15) is 9.18 Å². The minimum atomic E-state index is -1.28. The van der Waals surface area contributed by atoms with E-state index in [0.717, 1.165) is 12.8 Å². The van der Waals surface area contributed by atoms with Crippen LogP contribution in [0.5, 0.6) is 0 Å². The van der Waals surface area contributed by atoms with E-state index in [1.807, 2.05) is 6.08 Å². The van der Waals surface area contributed by atoms with Gasteiger partial charge in [0.25, 0.3) is 0 Å². The van der Waals surface area contributed by atoms with Crippen molar-refractivity contribution in [3.8, 4) is 0 Å². The predicted molar refractivity (Wildman–Crippen MR) is 65.0 cm³/mol. The Labute approximate surface area is 97.4 Å². The molecule has 0 spiro atoms. The summed E-state index contributed by atoms with van der Waals surface area (Å²) in [7, 11) is 0. The first-order chi connectivity index (χ1) is 7.50. The third-order valence-electron chi connectivity index (χ3n) is 3.20. The maximum Gasteiger partial charge on any atom is 0.189 e. The van der Waals surface area contributed by atoms with Gasteiger partial charge in [0.2, 0.25) is 0 Å². The summed E-state index contributed by atoms with van der Waals surface area (Å²) in [6.45, 7) is 6.30. The molecule has 0 aromatic carbocycles. The number of halogens is 1. The van der Waals surface area contributed by atoms with Gasteiger partial charge in [-0.25, -0.2) is 4.39 Å². The van der Waals surface area contributed by atoms with E-state index >= 15 is 0 Å². The zero-order chi connectivity index (χ0) is 12.1. The van der Waals surface area contributed by atoms with Crippen molar-refractivity contribution >= 4 is 5.78 Å². The van der Waals surface area contributed by atoms with Crippen molar-refractivity contribution in [2.75, 3.05) is 0 Å². The Morgan fingerprint density at radius 1 is 1.62 bits per heavy atom. The minimum Gasteiger partial charge on any atom is -0.292 e. The largest absolute Gasteiger partial charge is 0.292 e. The highest BCUT2D eigenvalue weighted by atomic mass is 19.1. The van der Waals surface area contributed by atoms with Gasteiger partial charge in [0.15, 0.2) is 12.0 Å². The molecule has 0 aliphatic heterocycles. The maximum atomic E-state index is 13.2. The zero-order valence-electron chi connectivity index (χ0n) is 10.4. The topological polar surface area (TPSA) is 17.1 Å². The first kappa shape index (κ1) is 13.1. The number of hydrogen-bond acceptors (Lipinski definition) is 1. The highest BCUT2D eigenvalue weighted by Gasteiger charge is 2.26. The third kappa shape index (κ3) is 3.92. The van der Waals surface area contributed by atoms with Crippen LogP contribution in [-0.4, -0.2) is 12.0 Å². The molecule has 1 aliphatic rings. The molecule has 0 saturated carbocycles. The molecule has 16 heavy (non-hydrogen) atoms. The fourth-order valence-electron chi connectivity index (χ4n) is 2.03. The molecular formula is C14H21FO. The maximum absolute atomic E-state index is 13.2. The van der Waals surface area contributed by atoms with E-state index in [-0.39, 0.29) is 11.7 Å². The van der Waals surface area contributed by atoms with Crippen molar-refractivity contribution in [1.29, 1.82) is 0 Å². The number of allylic oxidation sites excluding steroid dienone is 4. The molecule has 3 atom stereocenters. The second-order valence-electron chi connectivity index (χ2n) is 4.96. The lowest BCUT2D eigenvalue weighted by molar-refractivity contribution is -0.120. The summed E-state index contributed by atoms with van der Waals surface area (Å²) in [6, 6.07) is 0. The van der Waals surface area contributed by atoms with Gasteiger partial charge in [-0.05, 0) is 51.0 Å². The van der Waals surface area contributed by atoms with Crippen LogP contribution in [-0.2, 0) is 4.79 Å². The van der Waals surface area contributed by atoms with Gasteiger partial charge in [-0.2, -0.15) is 0 Å². The van der Waals surface area contributed by atoms with Gasteiger partial charge < -0.3 is 0 Å². The van der Waals surface area contributed by atoms with Crippen LogP contribution in [0.2, 0.25) is 0 Å². The minimum absolute atomic E-state index is 0.221. The standard InChI is InChI=1S/C14H21FO/c1-10(2)5-4-6-11(3)12-7-8-14(16)13(15)9-12/h5,7-8,11-13H,4,6,9H2,1-3H3. The lowest BCUT2D eigenvalue weighted by Gasteiger charge is -2.24. The number of alkyl halides is 1. The fraction of sp³-hybridized carbons (Fsp3) is 0.643. The van der Waals surface area contributed by atoms with Gasteiger partial charge in [0, 0.05) is 0 Å². The van der Waals surface area contributed by atoms with Crippen LogP contribution >= 0.6 is 0 Å². The molecule has 0 heterocycles. The molecule has 0 bridgehead atoms. The first-order valence-electron chi connectivity index (χ1n) is 6.00. The summed E-state index contributed by atoms with van der Waals surface area (Å²) in [6.07, 6.45) is 6.69. The molecule has 0 fully saturated rings. The molecule has 1 rings (SSSR count). The van der Waals surface area contributed by atoms with Crippen molar-refractivity contribution in [1.82, 2.24) is 0 Å². The number of carbonyl (C=O) groups is 1. The number of ketones is 1. The molecular weight excluding hydrogens is 203 g/mol. The van der Waals surface area contributed by atoms with E-state index in [1.54, 1.807) is 0 Å². The SMILES string of the molecule is CC(C)=CCCC(C)C1C=CC(=O)C(F)C1. The quantitative estimate of drug-likeness (QED) is 0.663. The summed E-state index contributed by atoms with van der Waals surface area (Å²) in [5.41, 5.74) is 1.32. The van der Waals surface area contributed by atoms with Crippen molar-refractivity contribution in [3.05, 3.63) is 23.8 Å². The van der Waals surface area contributed by atoms with E-state index < -0.39 is 6.17 Å². The molecule has 0 amide bonds. The lowest BCUT2D eigenvalue weighted by atomic mass is 9.82. The molecule has 2 heteroatoms. The van der Waals surface area contributed by atoms with Crippen molar-refractivity contribution in [2.45, 2.75) is 46.2 Å². The van der Waals surface area contributed by atoms with Gasteiger partial charge in [-0.15, -0.1) is 0 Å². The Balaban J connectivity index is 2.43. The van der Waals surface area contributed by atoms with Crippen LogP contribution in [0.25, 0.3) is 0 Å². The molecule has 0 aromatic heterocycles. The Bertz CT molecular complexity index is 300. The van der Waals surface area contributed by atoms with Gasteiger partial charge in [-0.3, -0.25) is 4.79 Å². The number of hydrogen-bond donors (Lipinski definition) is 0. The van der Waals surface area contributed by atoms with E-state index in [0.29, 0.717) is 12.3 Å².